The monoisotopic (exact) mass is 424 g/mol. The number of piperazine rings is 1. The second-order valence-electron chi connectivity index (χ2n) is 7.21. The molecule has 0 aliphatic carbocycles. The van der Waals surface area contributed by atoms with Crippen LogP contribution in [0.2, 0.25) is 0 Å². The fourth-order valence-corrected chi connectivity index (χ4v) is 3.30. The van der Waals surface area contributed by atoms with Crippen LogP contribution in [0.5, 0.6) is 0 Å². The summed E-state index contributed by atoms with van der Waals surface area (Å²) in [6.07, 6.45) is -2.93. The van der Waals surface area contributed by atoms with E-state index in [0.29, 0.717) is 18.1 Å². The second-order valence-corrected chi connectivity index (χ2v) is 7.21. The van der Waals surface area contributed by atoms with E-state index >= 15 is 0 Å². The topological polar surface area (TPSA) is 73.6 Å². The Kier molecular flexibility index (Phi) is 6.80. The van der Waals surface area contributed by atoms with Gasteiger partial charge in [0.05, 0.1) is 12.1 Å². The van der Waals surface area contributed by atoms with Crippen molar-refractivity contribution in [2.45, 2.75) is 19.3 Å². The number of guanidine groups is 1. The van der Waals surface area contributed by atoms with Crippen molar-refractivity contribution in [2.24, 2.45) is 12.0 Å². The maximum Gasteiger partial charge on any atom is 0.416 e. The van der Waals surface area contributed by atoms with Crippen LogP contribution in [0.1, 0.15) is 17.0 Å². The first-order chi connectivity index (χ1) is 14.3. The van der Waals surface area contributed by atoms with Crippen LogP contribution in [-0.2, 0) is 26.3 Å². The van der Waals surface area contributed by atoms with Crippen molar-refractivity contribution >= 4 is 11.6 Å². The lowest BCUT2D eigenvalue weighted by Crippen LogP contribution is -2.45. The number of nitrogens with zero attached hydrogens (tertiary/aromatic N) is 6. The molecule has 0 unspecified atom stereocenters. The van der Waals surface area contributed by atoms with Gasteiger partial charge in [-0.15, -0.1) is 0 Å². The molecular weight excluding hydrogens is 397 g/mol. The predicted octanol–water partition coefficient (Wildman–Crippen LogP) is 1.45. The van der Waals surface area contributed by atoms with Gasteiger partial charge in [0.2, 0.25) is 0 Å². The maximum absolute atomic E-state index is 13.3. The van der Waals surface area contributed by atoms with Gasteiger partial charge in [-0.05, 0) is 30.8 Å². The molecule has 3 rings (SSSR count). The van der Waals surface area contributed by atoms with Gasteiger partial charge in [-0.1, -0.05) is 0 Å². The zero-order chi connectivity index (χ0) is 21.7. The number of anilines is 1. The fraction of sp³-hybridized carbons (Fsp3) is 0.526. The van der Waals surface area contributed by atoms with Gasteiger partial charge in [0.25, 0.3) is 0 Å². The highest BCUT2D eigenvalue weighted by molar-refractivity contribution is 5.79. The first-order valence-corrected chi connectivity index (χ1v) is 9.69. The number of halogens is 3. The summed E-state index contributed by atoms with van der Waals surface area (Å²) >= 11 is 0. The van der Waals surface area contributed by atoms with Gasteiger partial charge in [-0.2, -0.15) is 18.3 Å². The number of hydrogen-bond acceptors (Lipinski definition) is 5. The Balaban J connectivity index is 1.73. The highest BCUT2D eigenvalue weighted by atomic mass is 19.4. The van der Waals surface area contributed by atoms with Gasteiger partial charge in [0, 0.05) is 52.5 Å². The van der Waals surface area contributed by atoms with Crippen molar-refractivity contribution in [3.8, 4) is 0 Å². The third-order valence-electron chi connectivity index (χ3n) is 5.14. The van der Waals surface area contributed by atoms with E-state index in [1.807, 2.05) is 7.05 Å². The average molecular weight is 424 g/mol. The Morgan fingerprint density at radius 2 is 1.80 bits per heavy atom. The number of hydrogen-bond donors (Lipinski definition) is 2. The van der Waals surface area contributed by atoms with E-state index in [1.165, 1.54) is 12.4 Å². The lowest BCUT2D eigenvalue weighted by molar-refractivity contribution is -0.137. The summed E-state index contributed by atoms with van der Waals surface area (Å²) in [5, 5.41) is 10.2. The smallest absolute Gasteiger partial charge is 0.369 e. The number of alkyl halides is 3. The summed E-state index contributed by atoms with van der Waals surface area (Å²) in [4.78, 5) is 12.6. The molecule has 0 saturated carbocycles. The molecule has 2 N–H and O–H groups in total. The van der Waals surface area contributed by atoms with Crippen molar-refractivity contribution in [3.63, 3.8) is 0 Å². The summed E-state index contributed by atoms with van der Waals surface area (Å²) < 4.78 is 41.5. The molecule has 8 nitrogen and oxygen atoms in total. The van der Waals surface area contributed by atoms with Gasteiger partial charge in [0.1, 0.15) is 12.2 Å². The quantitative estimate of drug-likeness (QED) is 0.559. The van der Waals surface area contributed by atoms with E-state index in [9.17, 15) is 13.2 Å². The molecule has 1 fully saturated rings. The number of nitrogens with one attached hydrogen (secondary N) is 2. The molecule has 11 heteroatoms. The molecule has 1 aliphatic rings. The standard InChI is InChI=1S/C19H27F3N8/c1-23-18(25-12-17-26-13-27-29(17)3)24-11-14-10-15(19(20,21)22)4-5-16(14)30-8-6-28(2)7-9-30/h4-5,10,13H,6-9,11-12H2,1-3H3,(H2,23,24,25). The Morgan fingerprint density at radius 1 is 1.10 bits per heavy atom. The van der Waals surface area contributed by atoms with Crippen molar-refractivity contribution in [1.29, 1.82) is 0 Å². The van der Waals surface area contributed by atoms with Crippen LogP contribution < -0.4 is 15.5 Å². The van der Waals surface area contributed by atoms with Crippen molar-refractivity contribution in [2.75, 3.05) is 45.2 Å². The van der Waals surface area contributed by atoms with Crippen molar-refractivity contribution < 1.29 is 13.2 Å². The number of benzene rings is 1. The number of rotatable bonds is 5. The predicted molar refractivity (Wildman–Crippen MR) is 109 cm³/mol. The van der Waals surface area contributed by atoms with E-state index in [1.54, 1.807) is 24.8 Å². The SMILES string of the molecule is CN=C(NCc1cc(C(F)(F)F)ccc1N1CCN(C)CC1)NCc1ncnn1C. The maximum atomic E-state index is 13.3. The van der Waals surface area contributed by atoms with E-state index < -0.39 is 11.7 Å². The molecule has 1 saturated heterocycles. The lowest BCUT2D eigenvalue weighted by Gasteiger charge is -2.35. The molecule has 1 aliphatic heterocycles. The van der Waals surface area contributed by atoms with Crippen LogP contribution in [0.4, 0.5) is 18.9 Å². The minimum atomic E-state index is -4.39. The number of likely N-dealkylation sites (N-methyl/N-ethyl adjacent to an activating group) is 1. The molecule has 2 heterocycles. The van der Waals surface area contributed by atoms with E-state index in [0.717, 1.165) is 43.8 Å². The first-order valence-electron chi connectivity index (χ1n) is 9.69. The molecule has 0 spiro atoms. The molecule has 0 atom stereocenters. The number of aliphatic imine (C=N–C) groups is 1. The normalized spacial score (nSPS) is 16.1. The van der Waals surface area contributed by atoms with Gasteiger partial charge in [0.15, 0.2) is 5.96 Å². The summed E-state index contributed by atoms with van der Waals surface area (Å²) in [5.74, 6) is 1.19. The largest absolute Gasteiger partial charge is 0.416 e. The average Bonchev–Trinajstić information content (AvgIpc) is 3.13. The van der Waals surface area contributed by atoms with Gasteiger partial charge in [-0.3, -0.25) is 9.67 Å². The van der Waals surface area contributed by atoms with Crippen molar-refractivity contribution in [3.05, 3.63) is 41.5 Å². The number of aryl methyl sites for hydroxylation is 1. The number of aromatic nitrogens is 3. The Labute approximate surface area is 173 Å². The highest BCUT2D eigenvalue weighted by Crippen LogP contribution is 2.33. The van der Waals surface area contributed by atoms with Crippen LogP contribution in [0, 0.1) is 0 Å². The molecule has 2 aromatic rings. The highest BCUT2D eigenvalue weighted by Gasteiger charge is 2.31. The summed E-state index contributed by atoms with van der Waals surface area (Å²) in [6, 6.07) is 3.94. The van der Waals surface area contributed by atoms with Crippen LogP contribution in [0.25, 0.3) is 0 Å². The summed E-state index contributed by atoms with van der Waals surface area (Å²) in [5.41, 5.74) is 0.738. The fourth-order valence-electron chi connectivity index (χ4n) is 3.30. The van der Waals surface area contributed by atoms with Crippen molar-refractivity contribution in [1.82, 2.24) is 30.3 Å². The van der Waals surface area contributed by atoms with E-state index in [-0.39, 0.29) is 6.54 Å². The van der Waals surface area contributed by atoms with Gasteiger partial charge < -0.3 is 20.4 Å². The minimum absolute atomic E-state index is 0.212. The van der Waals surface area contributed by atoms with Crippen LogP contribution in [0.3, 0.4) is 0 Å². The summed E-state index contributed by atoms with van der Waals surface area (Å²) in [6.45, 7) is 3.89. The Morgan fingerprint density at radius 3 is 2.40 bits per heavy atom. The molecular formula is C19H27F3N8. The van der Waals surface area contributed by atoms with Gasteiger partial charge in [-0.25, -0.2) is 4.98 Å². The minimum Gasteiger partial charge on any atom is -0.369 e. The second kappa shape index (κ2) is 9.33. The molecule has 0 amide bonds. The molecule has 0 radical (unpaired) electrons. The summed E-state index contributed by atoms with van der Waals surface area (Å²) in [7, 11) is 5.43. The lowest BCUT2D eigenvalue weighted by atomic mass is 10.1. The third-order valence-corrected chi connectivity index (χ3v) is 5.14. The van der Waals surface area contributed by atoms with Crippen LogP contribution in [0.15, 0.2) is 29.5 Å². The molecule has 164 valence electrons. The zero-order valence-electron chi connectivity index (χ0n) is 17.4. The molecule has 30 heavy (non-hydrogen) atoms. The molecule has 1 aromatic heterocycles. The molecule has 1 aromatic carbocycles. The third kappa shape index (κ3) is 5.41. The van der Waals surface area contributed by atoms with E-state index in [4.69, 9.17) is 0 Å². The van der Waals surface area contributed by atoms with Crippen LogP contribution in [-0.4, -0.2) is 65.9 Å². The van der Waals surface area contributed by atoms with Gasteiger partial charge >= 0.3 is 6.18 Å². The Bertz CT molecular complexity index is 869. The first kappa shape index (κ1) is 21.9. The zero-order valence-corrected chi connectivity index (χ0v) is 17.4. The Hall–Kier alpha value is -2.82. The van der Waals surface area contributed by atoms with Crippen LogP contribution >= 0.6 is 0 Å². The van der Waals surface area contributed by atoms with E-state index in [2.05, 4.69) is 35.5 Å². The molecule has 0 bridgehead atoms.